The molecule has 0 heterocycles. The Bertz CT molecular complexity index is 363. The predicted octanol–water partition coefficient (Wildman–Crippen LogP) is 8.72. The van der Waals surface area contributed by atoms with E-state index in [0.29, 0.717) is 6.42 Å². The first-order chi connectivity index (χ1) is 13.7. The quantitative estimate of drug-likeness (QED) is 0.142. The van der Waals surface area contributed by atoms with E-state index in [4.69, 9.17) is 5.11 Å². The summed E-state index contributed by atoms with van der Waals surface area (Å²) < 4.78 is 0. The summed E-state index contributed by atoms with van der Waals surface area (Å²) >= 11 is 0. The van der Waals surface area contributed by atoms with E-state index in [9.17, 15) is 9.90 Å². The van der Waals surface area contributed by atoms with Crippen LogP contribution < -0.4 is 0 Å². The molecule has 166 valence electrons. The molecule has 0 aromatic heterocycles. The maximum absolute atomic E-state index is 10.4. The Morgan fingerprint density at radius 2 is 0.893 bits per heavy atom. The lowest BCUT2D eigenvalue weighted by Gasteiger charge is -2.04. The van der Waals surface area contributed by atoms with Crippen LogP contribution in [-0.2, 0) is 4.79 Å². The Morgan fingerprint density at radius 1 is 0.571 bits per heavy atom. The zero-order valence-corrected chi connectivity index (χ0v) is 18.7. The van der Waals surface area contributed by atoms with Gasteiger partial charge in [0, 0.05) is 6.42 Å². The van der Waals surface area contributed by atoms with Crippen LogP contribution in [0.5, 0.6) is 0 Å². The monoisotopic (exact) mass is 396 g/mol. The number of aliphatic hydroxyl groups excluding tert-OH is 1. The summed E-state index contributed by atoms with van der Waals surface area (Å²) in [5, 5.41) is 18.1. The van der Waals surface area contributed by atoms with Gasteiger partial charge >= 0.3 is 5.97 Å². The molecule has 0 aliphatic heterocycles. The van der Waals surface area contributed by atoms with E-state index in [1.54, 1.807) is 0 Å². The molecule has 0 spiro atoms. The fourth-order valence-corrected chi connectivity index (χ4v) is 3.69. The minimum absolute atomic E-state index is 0.0784. The van der Waals surface area contributed by atoms with Crippen LogP contribution in [0.4, 0.5) is 0 Å². The summed E-state index contributed by atoms with van der Waals surface area (Å²) in [6, 6.07) is 0. The number of aliphatic hydroxyl groups is 1. The van der Waals surface area contributed by atoms with Crippen LogP contribution in [0.1, 0.15) is 142 Å². The molecule has 0 aliphatic rings. The predicted molar refractivity (Wildman–Crippen MR) is 121 cm³/mol. The molecule has 0 radical (unpaired) electrons. The Hall–Kier alpha value is -0.990. The van der Waals surface area contributed by atoms with Crippen molar-refractivity contribution in [1.29, 1.82) is 0 Å². The smallest absolute Gasteiger partial charge is 0.307 e. The minimum Gasteiger partial charge on any atom is -0.513 e. The minimum atomic E-state index is -0.889. The van der Waals surface area contributed by atoms with Crippen LogP contribution in [0.2, 0.25) is 0 Å². The fourth-order valence-electron chi connectivity index (χ4n) is 3.69. The number of carboxylic acid groups (broad SMARTS) is 1. The van der Waals surface area contributed by atoms with Gasteiger partial charge in [-0.15, -0.1) is 0 Å². The average molecular weight is 397 g/mol. The summed E-state index contributed by atoms with van der Waals surface area (Å²) in [7, 11) is 0. The lowest BCUT2D eigenvalue weighted by atomic mass is 10.0. The highest BCUT2D eigenvalue weighted by Gasteiger charge is 1.98. The first-order valence-electron chi connectivity index (χ1n) is 12.3. The van der Waals surface area contributed by atoms with Gasteiger partial charge in [-0.2, -0.15) is 0 Å². The van der Waals surface area contributed by atoms with Gasteiger partial charge in [0.05, 0.1) is 12.2 Å². The molecular formula is C25H48O3. The molecule has 3 heteroatoms. The van der Waals surface area contributed by atoms with Crippen molar-refractivity contribution in [2.75, 3.05) is 0 Å². The van der Waals surface area contributed by atoms with E-state index >= 15 is 0 Å². The molecule has 0 aromatic carbocycles. The second-order valence-corrected chi connectivity index (χ2v) is 8.41. The number of unbranched alkanes of at least 4 members (excludes halogenated alkanes) is 18. The van der Waals surface area contributed by atoms with Crippen LogP contribution in [0.25, 0.3) is 0 Å². The van der Waals surface area contributed by atoms with Gasteiger partial charge in [0.25, 0.3) is 0 Å². The van der Waals surface area contributed by atoms with Gasteiger partial charge in [-0.1, -0.05) is 122 Å². The first-order valence-corrected chi connectivity index (χ1v) is 12.3. The maximum atomic E-state index is 10.4. The van der Waals surface area contributed by atoms with Crippen LogP contribution >= 0.6 is 0 Å². The van der Waals surface area contributed by atoms with Gasteiger partial charge in [0.1, 0.15) is 0 Å². The summed E-state index contributed by atoms with van der Waals surface area (Å²) in [5.74, 6) is -0.658. The Labute approximate surface area is 175 Å². The molecule has 0 fully saturated rings. The summed E-state index contributed by atoms with van der Waals surface area (Å²) in [4.78, 5) is 10.4. The van der Waals surface area contributed by atoms with E-state index in [2.05, 4.69) is 6.92 Å². The van der Waals surface area contributed by atoms with Crippen molar-refractivity contribution >= 4 is 5.97 Å². The van der Waals surface area contributed by atoms with Crippen molar-refractivity contribution in [3.8, 4) is 0 Å². The molecule has 0 bridgehead atoms. The van der Waals surface area contributed by atoms with Crippen LogP contribution in [0, 0.1) is 0 Å². The number of allylic oxidation sites excluding steroid dienone is 1. The molecular weight excluding hydrogens is 348 g/mol. The fraction of sp³-hybridized carbons (Fsp3) is 0.880. The highest BCUT2D eigenvalue weighted by molar-refractivity contribution is 5.68. The Morgan fingerprint density at radius 3 is 1.21 bits per heavy atom. The third-order valence-corrected chi connectivity index (χ3v) is 5.55. The van der Waals surface area contributed by atoms with Gasteiger partial charge < -0.3 is 10.2 Å². The van der Waals surface area contributed by atoms with Crippen LogP contribution in [0.3, 0.4) is 0 Å². The van der Waals surface area contributed by atoms with Crippen molar-refractivity contribution in [3.05, 3.63) is 11.8 Å². The topological polar surface area (TPSA) is 57.5 Å². The highest BCUT2D eigenvalue weighted by Crippen LogP contribution is 2.15. The maximum Gasteiger partial charge on any atom is 0.307 e. The first kappa shape index (κ1) is 27.0. The number of aliphatic carboxylic acids is 1. The molecule has 0 aromatic rings. The zero-order chi connectivity index (χ0) is 20.7. The van der Waals surface area contributed by atoms with Crippen molar-refractivity contribution in [2.24, 2.45) is 0 Å². The summed E-state index contributed by atoms with van der Waals surface area (Å²) in [6.45, 7) is 2.28. The van der Waals surface area contributed by atoms with Gasteiger partial charge in [0.15, 0.2) is 0 Å². The number of carboxylic acids is 1. The highest BCUT2D eigenvalue weighted by atomic mass is 16.4. The SMILES string of the molecule is CCCCCCCCCCCCCCCCCCCCCC(O)=CCC(=O)O. The molecule has 0 atom stereocenters. The van der Waals surface area contributed by atoms with Crippen molar-refractivity contribution < 1.29 is 15.0 Å². The number of rotatable bonds is 22. The summed E-state index contributed by atoms with van der Waals surface area (Å²) in [5.41, 5.74) is 0. The lowest BCUT2D eigenvalue weighted by molar-refractivity contribution is -0.136. The average Bonchev–Trinajstić information content (AvgIpc) is 2.68. The second-order valence-electron chi connectivity index (χ2n) is 8.41. The third kappa shape index (κ3) is 23.0. The number of hydrogen-bond acceptors (Lipinski definition) is 2. The van der Waals surface area contributed by atoms with Crippen LogP contribution in [-0.4, -0.2) is 16.2 Å². The molecule has 28 heavy (non-hydrogen) atoms. The molecule has 0 rings (SSSR count). The lowest BCUT2D eigenvalue weighted by Crippen LogP contribution is -1.92. The van der Waals surface area contributed by atoms with Gasteiger partial charge in [-0.05, 0) is 12.5 Å². The number of carbonyl (C=O) groups is 1. The molecule has 0 aliphatic carbocycles. The third-order valence-electron chi connectivity index (χ3n) is 5.55. The Kier molecular flexibility index (Phi) is 21.5. The van der Waals surface area contributed by atoms with Crippen LogP contribution in [0.15, 0.2) is 11.8 Å². The van der Waals surface area contributed by atoms with Crippen molar-refractivity contribution in [1.82, 2.24) is 0 Å². The van der Waals surface area contributed by atoms with Gasteiger partial charge in [0.2, 0.25) is 0 Å². The van der Waals surface area contributed by atoms with Gasteiger partial charge in [-0.25, -0.2) is 0 Å². The standard InChI is InChI=1S/C25H48O3/c1-2-3-4-5-6-7-8-9-10-11-12-13-14-15-16-17-18-19-20-21-24(26)22-23-25(27)28/h22,26H,2-21,23H2,1H3,(H,27,28). The molecule has 0 saturated carbocycles. The normalized spacial score (nSPS) is 11.8. The molecule has 2 N–H and O–H groups in total. The molecule has 0 unspecified atom stereocenters. The molecule has 3 nitrogen and oxygen atoms in total. The Balaban J connectivity index is 3.12. The largest absolute Gasteiger partial charge is 0.513 e. The van der Waals surface area contributed by atoms with E-state index in [1.807, 2.05) is 0 Å². The zero-order valence-electron chi connectivity index (χ0n) is 18.7. The van der Waals surface area contributed by atoms with Crippen molar-refractivity contribution in [2.45, 2.75) is 142 Å². The molecule has 0 saturated heterocycles. The molecule has 0 amide bonds. The van der Waals surface area contributed by atoms with E-state index in [-0.39, 0.29) is 12.2 Å². The second kappa shape index (κ2) is 22.3. The van der Waals surface area contributed by atoms with E-state index in [0.717, 1.165) is 12.8 Å². The number of hydrogen-bond donors (Lipinski definition) is 2. The van der Waals surface area contributed by atoms with Gasteiger partial charge in [-0.3, -0.25) is 4.79 Å². The summed E-state index contributed by atoms with van der Waals surface area (Å²) in [6.07, 6.45) is 27.7. The van der Waals surface area contributed by atoms with Crippen molar-refractivity contribution in [3.63, 3.8) is 0 Å². The van der Waals surface area contributed by atoms with E-state index < -0.39 is 5.97 Å². The van der Waals surface area contributed by atoms with E-state index in [1.165, 1.54) is 115 Å².